The van der Waals surface area contributed by atoms with Crippen LogP contribution in [0.4, 0.5) is 17.1 Å². The van der Waals surface area contributed by atoms with Crippen LogP contribution >= 0.6 is 31.9 Å². The molecule has 0 aromatic heterocycles. The van der Waals surface area contributed by atoms with Gasteiger partial charge in [0.1, 0.15) is 0 Å². The summed E-state index contributed by atoms with van der Waals surface area (Å²) in [4.78, 5) is 2.49. The molecule has 4 fully saturated rings. The van der Waals surface area contributed by atoms with E-state index in [-0.39, 0.29) is 0 Å². The van der Waals surface area contributed by atoms with E-state index in [9.17, 15) is 0 Å². The Balaban J connectivity index is 1.09. The SMILES string of the molecule is Brc1ccc(N(c2ccc(Br)cc2)c2cc(-c3ccc4c(c3)C3CC5CC(CC4C5)C3)ccc2-c2ccc3c(c2)C2CC4CC(CC3C4)C2)cc1. The van der Waals surface area contributed by atoms with Crippen LogP contribution in [0.2, 0.25) is 0 Å². The summed E-state index contributed by atoms with van der Waals surface area (Å²) in [5, 5.41) is 0. The lowest BCUT2D eigenvalue weighted by Crippen LogP contribution is -2.25. The van der Waals surface area contributed by atoms with Crippen LogP contribution in [0.1, 0.15) is 110 Å². The first-order chi connectivity index (χ1) is 25.0. The molecule has 3 heteroatoms. The first-order valence-corrected chi connectivity index (χ1v) is 21.3. The van der Waals surface area contributed by atoms with Crippen molar-refractivity contribution in [2.45, 2.75) is 87.9 Å². The molecule has 0 heterocycles. The van der Waals surface area contributed by atoms with Crippen LogP contribution in [0.15, 0.2) is 112 Å². The Morgan fingerprint density at radius 1 is 0.373 bits per heavy atom. The fraction of sp³-hybridized carbons (Fsp3) is 0.375. The summed E-state index contributed by atoms with van der Waals surface area (Å²) in [5.74, 6) is 6.71. The van der Waals surface area contributed by atoms with Crippen molar-refractivity contribution in [2.24, 2.45) is 23.7 Å². The Labute approximate surface area is 320 Å². The molecule has 8 aliphatic carbocycles. The Morgan fingerprint density at radius 2 is 0.765 bits per heavy atom. The van der Waals surface area contributed by atoms with Gasteiger partial charge in [-0.3, -0.25) is 0 Å². The van der Waals surface area contributed by atoms with Crippen LogP contribution < -0.4 is 4.90 Å². The van der Waals surface area contributed by atoms with Gasteiger partial charge >= 0.3 is 0 Å². The van der Waals surface area contributed by atoms with Crippen LogP contribution in [-0.2, 0) is 0 Å². The first kappa shape index (κ1) is 31.4. The van der Waals surface area contributed by atoms with Crippen molar-refractivity contribution in [3.05, 3.63) is 134 Å². The maximum Gasteiger partial charge on any atom is 0.0546 e. The zero-order valence-corrected chi connectivity index (χ0v) is 32.4. The van der Waals surface area contributed by atoms with E-state index < -0.39 is 0 Å². The highest BCUT2D eigenvalue weighted by atomic mass is 79.9. The van der Waals surface area contributed by atoms with E-state index in [1.165, 1.54) is 104 Å². The topological polar surface area (TPSA) is 3.24 Å². The molecule has 4 unspecified atom stereocenters. The Kier molecular flexibility index (Phi) is 7.51. The van der Waals surface area contributed by atoms with Gasteiger partial charge in [-0.15, -0.1) is 0 Å². The summed E-state index contributed by atoms with van der Waals surface area (Å²) >= 11 is 7.43. The summed E-state index contributed by atoms with van der Waals surface area (Å²) in [7, 11) is 0. The smallest absolute Gasteiger partial charge is 0.0546 e. The van der Waals surface area contributed by atoms with Crippen LogP contribution in [0.3, 0.4) is 0 Å². The van der Waals surface area contributed by atoms with E-state index in [1.807, 2.05) is 0 Å². The lowest BCUT2D eigenvalue weighted by molar-refractivity contribution is 0.165. The zero-order valence-electron chi connectivity index (χ0n) is 29.2. The molecule has 0 spiro atoms. The normalized spacial score (nSPS) is 29.4. The molecule has 0 amide bonds. The van der Waals surface area contributed by atoms with Crippen molar-refractivity contribution in [1.82, 2.24) is 0 Å². The number of hydrogen-bond acceptors (Lipinski definition) is 1. The van der Waals surface area contributed by atoms with Crippen molar-refractivity contribution in [3.8, 4) is 22.3 Å². The minimum Gasteiger partial charge on any atom is -0.310 e. The molecule has 4 saturated carbocycles. The van der Waals surface area contributed by atoms with E-state index in [1.54, 1.807) is 22.3 Å². The predicted octanol–water partition coefficient (Wildman–Crippen LogP) is 14.8. The van der Waals surface area contributed by atoms with E-state index in [0.717, 1.165) is 56.3 Å². The van der Waals surface area contributed by atoms with Crippen LogP contribution in [0.25, 0.3) is 22.3 Å². The number of rotatable bonds is 5. The quantitative estimate of drug-likeness (QED) is 0.171. The van der Waals surface area contributed by atoms with Gasteiger partial charge in [0.15, 0.2) is 0 Å². The fourth-order valence-electron chi connectivity index (χ4n) is 12.4. The number of nitrogens with zero attached hydrogens (tertiary/aromatic N) is 1. The molecule has 0 radical (unpaired) electrons. The number of halogens is 2. The molecule has 51 heavy (non-hydrogen) atoms. The molecule has 13 rings (SSSR count). The molecule has 1 nitrogen and oxygen atoms in total. The number of hydrogen-bond donors (Lipinski definition) is 0. The maximum atomic E-state index is 3.72. The summed E-state index contributed by atoms with van der Waals surface area (Å²) in [5.41, 5.74) is 15.6. The second kappa shape index (κ2) is 12.2. The molecule has 0 aliphatic heterocycles. The van der Waals surface area contributed by atoms with Crippen LogP contribution in [0.5, 0.6) is 0 Å². The third kappa shape index (κ3) is 5.42. The first-order valence-electron chi connectivity index (χ1n) is 19.7. The molecular formula is C48H45Br2N. The van der Waals surface area contributed by atoms with Crippen molar-refractivity contribution < 1.29 is 0 Å². The largest absolute Gasteiger partial charge is 0.310 e. The molecule has 0 N–H and O–H groups in total. The van der Waals surface area contributed by atoms with Crippen molar-refractivity contribution in [3.63, 3.8) is 0 Å². The summed E-state index contributed by atoms with van der Waals surface area (Å²) < 4.78 is 2.19. The molecule has 8 aliphatic rings. The van der Waals surface area contributed by atoms with Gasteiger partial charge in [0.05, 0.1) is 5.69 Å². The van der Waals surface area contributed by atoms with E-state index >= 15 is 0 Å². The molecule has 4 atom stereocenters. The standard InChI is InChI=1S/C48H45Br2N/c49-39-4-8-41(9-5-39)51(42-10-6-40(50)7-11-42)48-27-33(32-1-12-43-35-17-28-15-29(18-35)22-37(21-28)46(43)25-32)2-14-45(48)34-3-13-44-36-19-30-16-31(20-36)24-38(23-30)47(44)26-34/h1-14,25-31,35-38H,15-24H2. The average molecular weight is 796 g/mol. The van der Waals surface area contributed by atoms with E-state index in [0.29, 0.717) is 0 Å². The van der Waals surface area contributed by atoms with Gasteiger partial charge in [0, 0.05) is 25.9 Å². The predicted molar refractivity (Wildman–Crippen MR) is 218 cm³/mol. The monoisotopic (exact) mass is 793 g/mol. The second-order valence-corrected chi connectivity index (χ2v) is 19.1. The molecular weight excluding hydrogens is 750 g/mol. The molecule has 0 saturated heterocycles. The Hall–Kier alpha value is -3.14. The van der Waals surface area contributed by atoms with Gasteiger partial charge in [-0.25, -0.2) is 0 Å². The van der Waals surface area contributed by atoms with Gasteiger partial charge in [0.25, 0.3) is 0 Å². The lowest BCUT2D eigenvalue weighted by atomic mass is 9.67. The Morgan fingerprint density at radius 3 is 1.25 bits per heavy atom. The Bertz CT molecular complexity index is 2080. The molecule has 256 valence electrons. The maximum absolute atomic E-state index is 3.72. The molecule has 5 aromatic rings. The number of benzene rings is 5. The summed E-state index contributed by atoms with van der Waals surface area (Å²) in [6.45, 7) is 0. The fourth-order valence-corrected chi connectivity index (χ4v) is 12.9. The van der Waals surface area contributed by atoms with Crippen LogP contribution in [0, 0.1) is 23.7 Å². The average Bonchev–Trinajstić information content (AvgIpc) is 3.42. The van der Waals surface area contributed by atoms with E-state index in [2.05, 4.69) is 140 Å². The molecule has 8 bridgehead atoms. The number of anilines is 3. The zero-order chi connectivity index (χ0) is 33.8. The third-order valence-corrected chi connectivity index (χ3v) is 15.3. The summed E-state index contributed by atoms with van der Waals surface area (Å²) in [6, 6.07) is 40.3. The van der Waals surface area contributed by atoms with Gasteiger partial charge < -0.3 is 4.90 Å². The third-order valence-electron chi connectivity index (χ3n) is 14.3. The molecule has 5 aromatic carbocycles. The highest BCUT2D eigenvalue weighted by Gasteiger charge is 2.43. The minimum atomic E-state index is 0.720. The second-order valence-electron chi connectivity index (χ2n) is 17.3. The van der Waals surface area contributed by atoms with Crippen molar-refractivity contribution in [1.29, 1.82) is 0 Å². The lowest BCUT2D eigenvalue weighted by Gasteiger charge is -2.38. The van der Waals surface area contributed by atoms with Gasteiger partial charge in [-0.2, -0.15) is 0 Å². The minimum absolute atomic E-state index is 0.720. The van der Waals surface area contributed by atoms with E-state index in [4.69, 9.17) is 0 Å². The van der Waals surface area contributed by atoms with Gasteiger partial charge in [0.2, 0.25) is 0 Å². The summed E-state index contributed by atoms with van der Waals surface area (Å²) in [6.07, 6.45) is 14.2. The highest BCUT2D eigenvalue weighted by Crippen LogP contribution is 2.58. The van der Waals surface area contributed by atoms with Crippen LogP contribution in [-0.4, -0.2) is 0 Å². The van der Waals surface area contributed by atoms with Gasteiger partial charge in [-0.05, 0) is 205 Å². The van der Waals surface area contributed by atoms with Crippen molar-refractivity contribution >= 4 is 48.9 Å². The van der Waals surface area contributed by atoms with Gasteiger partial charge in [-0.1, -0.05) is 80.4 Å². The highest BCUT2D eigenvalue weighted by molar-refractivity contribution is 9.10. The van der Waals surface area contributed by atoms with Crippen molar-refractivity contribution in [2.75, 3.05) is 4.90 Å².